The molecule has 0 aromatic carbocycles. The summed E-state index contributed by atoms with van der Waals surface area (Å²) in [5.74, 6) is -1.61. The number of rotatable bonds is 4. The number of aliphatic carboxylic acids is 1. The van der Waals surface area contributed by atoms with Gasteiger partial charge in [-0.25, -0.2) is 4.79 Å². The zero-order valence-corrected chi connectivity index (χ0v) is 11.5. The predicted molar refractivity (Wildman–Crippen MR) is 69.6 cm³/mol. The summed E-state index contributed by atoms with van der Waals surface area (Å²) in [5, 5.41) is 13.3. The zero-order chi connectivity index (χ0) is 14.5. The predicted octanol–water partition coefficient (Wildman–Crippen LogP) is 1.65. The van der Waals surface area contributed by atoms with E-state index in [-0.39, 0.29) is 18.9 Å². The normalized spacial score (nSPS) is 18.6. The molecule has 0 aromatic rings. The van der Waals surface area contributed by atoms with Gasteiger partial charge in [-0.15, -0.1) is 0 Å². The Labute approximate surface area is 112 Å². The molecular formula is C13H22N2O4. The molecule has 108 valence electrons. The minimum Gasteiger partial charge on any atom is -0.481 e. The van der Waals surface area contributed by atoms with Crippen molar-refractivity contribution in [3.05, 3.63) is 0 Å². The van der Waals surface area contributed by atoms with E-state index in [9.17, 15) is 14.4 Å². The van der Waals surface area contributed by atoms with Gasteiger partial charge in [0.25, 0.3) is 0 Å². The summed E-state index contributed by atoms with van der Waals surface area (Å²) in [6.07, 6.45) is 3.46. The molecule has 19 heavy (non-hydrogen) atoms. The number of carboxylic acid groups (broad SMARTS) is 1. The van der Waals surface area contributed by atoms with E-state index >= 15 is 0 Å². The summed E-state index contributed by atoms with van der Waals surface area (Å²) in [6.45, 7) is 4.41. The molecular weight excluding hydrogens is 248 g/mol. The highest BCUT2D eigenvalue weighted by atomic mass is 16.4. The van der Waals surface area contributed by atoms with Gasteiger partial charge in [-0.3, -0.25) is 14.9 Å². The van der Waals surface area contributed by atoms with Crippen LogP contribution < -0.4 is 10.6 Å². The highest BCUT2D eigenvalue weighted by Crippen LogP contribution is 2.34. The minimum absolute atomic E-state index is 0.0975. The molecule has 1 rings (SSSR count). The Hall–Kier alpha value is -1.59. The van der Waals surface area contributed by atoms with Crippen molar-refractivity contribution in [3.8, 4) is 0 Å². The molecule has 0 spiro atoms. The van der Waals surface area contributed by atoms with Gasteiger partial charge >= 0.3 is 12.0 Å². The second-order valence-electron chi connectivity index (χ2n) is 5.85. The maximum atomic E-state index is 11.5. The van der Waals surface area contributed by atoms with Crippen LogP contribution in [0.3, 0.4) is 0 Å². The molecule has 6 heteroatoms. The third-order valence-corrected chi connectivity index (χ3v) is 3.49. The number of hydrogen-bond donors (Lipinski definition) is 3. The lowest BCUT2D eigenvalue weighted by atomic mass is 9.76. The molecule has 0 bridgehead atoms. The van der Waals surface area contributed by atoms with Crippen molar-refractivity contribution in [2.45, 2.75) is 58.4 Å². The first kappa shape index (κ1) is 15.5. The maximum Gasteiger partial charge on any atom is 0.321 e. The molecule has 0 unspecified atom stereocenters. The van der Waals surface area contributed by atoms with Crippen molar-refractivity contribution in [2.24, 2.45) is 5.41 Å². The first-order valence-corrected chi connectivity index (χ1v) is 6.61. The van der Waals surface area contributed by atoms with Crippen LogP contribution in [-0.4, -0.2) is 29.1 Å². The lowest BCUT2D eigenvalue weighted by Gasteiger charge is -2.34. The first-order chi connectivity index (χ1) is 8.78. The molecule has 0 aliphatic heterocycles. The van der Waals surface area contributed by atoms with E-state index in [1.54, 1.807) is 0 Å². The van der Waals surface area contributed by atoms with Crippen LogP contribution in [0, 0.1) is 5.41 Å². The Morgan fingerprint density at radius 3 is 2.26 bits per heavy atom. The van der Waals surface area contributed by atoms with Gasteiger partial charge in [0.05, 0.1) is 6.42 Å². The van der Waals surface area contributed by atoms with Crippen LogP contribution in [0.15, 0.2) is 0 Å². The minimum atomic E-state index is -1.05. The maximum absolute atomic E-state index is 11.5. The topological polar surface area (TPSA) is 95.5 Å². The fourth-order valence-corrected chi connectivity index (χ4v) is 2.17. The molecule has 1 aliphatic rings. The van der Waals surface area contributed by atoms with Gasteiger partial charge in [0.1, 0.15) is 0 Å². The van der Waals surface area contributed by atoms with Crippen LogP contribution in [0.5, 0.6) is 0 Å². The van der Waals surface area contributed by atoms with Gasteiger partial charge in [-0.2, -0.15) is 0 Å². The van der Waals surface area contributed by atoms with Crippen LogP contribution in [0.2, 0.25) is 0 Å². The van der Waals surface area contributed by atoms with Gasteiger partial charge in [-0.05, 0) is 31.1 Å². The molecule has 0 radical (unpaired) electrons. The second kappa shape index (κ2) is 6.54. The Morgan fingerprint density at radius 2 is 1.74 bits per heavy atom. The third-order valence-electron chi connectivity index (χ3n) is 3.49. The number of amides is 3. The van der Waals surface area contributed by atoms with Gasteiger partial charge in [0, 0.05) is 12.5 Å². The molecule has 3 N–H and O–H groups in total. The average molecular weight is 270 g/mol. The standard InChI is InChI=1S/C13H22N2O4/c1-13(2)7-5-9(6-8-13)14-12(19)15-10(16)3-4-11(17)18/h9H,3-8H2,1-2H3,(H,17,18)(H2,14,15,16,19). The molecule has 1 fully saturated rings. The highest BCUT2D eigenvalue weighted by Gasteiger charge is 2.27. The van der Waals surface area contributed by atoms with Crippen LogP contribution in [0.1, 0.15) is 52.4 Å². The van der Waals surface area contributed by atoms with E-state index in [1.807, 2.05) is 0 Å². The van der Waals surface area contributed by atoms with E-state index < -0.39 is 17.9 Å². The fraction of sp³-hybridized carbons (Fsp3) is 0.769. The van der Waals surface area contributed by atoms with Crippen molar-refractivity contribution >= 4 is 17.9 Å². The number of nitrogens with one attached hydrogen (secondary N) is 2. The summed E-state index contributed by atoms with van der Waals surface area (Å²) in [7, 11) is 0. The van der Waals surface area contributed by atoms with E-state index in [0.717, 1.165) is 25.7 Å². The molecule has 3 amide bonds. The first-order valence-electron chi connectivity index (χ1n) is 6.61. The average Bonchev–Trinajstić information content (AvgIpc) is 2.29. The van der Waals surface area contributed by atoms with Crippen LogP contribution in [-0.2, 0) is 9.59 Å². The summed E-state index contributed by atoms with van der Waals surface area (Å²) >= 11 is 0. The largest absolute Gasteiger partial charge is 0.481 e. The highest BCUT2D eigenvalue weighted by molar-refractivity contribution is 5.95. The van der Waals surface area contributed by atoms with E-state index in [1.165, 1.54) is 0 Å². The van der Waals surface area contributed by atoms with Crippen molar-refractivity contribution in [1.29, 1.82) is 0 Å². The van der Waals surface area contributed by atoms with Crippen molar-refractivity contribution < 1.29 is 19.5 Å². The number of carboxylic acids is 1. The van der Waals surface area contributed by atoms with Crippen molar-refractivity contribution in [3.63, 3.8) is 0 Å². The number of hydrogen-bond acceptors (Lipinski definition) is 3. The molecule has 0 aromatic heterocycles. The Bertz CT molecular complexity index is 356. The lowest BCUT2D eigenvalue weighted by molar-refractivity contribution is -0.138. The Balaban J connectivity index is 2.24. The smallest absolute Gasteiger partial charge is 0.321 e. The van der Waals surface area contributed by atoms with E-state index in [4.69, 9.17) is 5.11 Å². The molecule has 6 nitrogen and oxygen atoms in total. The fourth-order valence-electron chi connectivity index (χ4n) is 2.17. The van der Waals surface area contributed by atoms with Gasteiger partial charge in [0.2, 0.25) is 5.91 Å². The summed E-state index contributed by atoms with van der Waals surface area (Å²) < 4.78 is 0. The van der Waals surface area contributed by atoms with Crippen LogP contribution in [0.25, 0.3) is 0 Å². The quantitative estimate of drug-likeness (QED) is 0.723. The SMILES string of the molecule is CC1(C)CCC(NC(=O)NC(=O)CCC(=O)O)CC1. The molecule has 0 atom stereocenters. The molecule has 0 saturated heterocycles. The van der Waals surface area contributed by atoms with Gasteiger partial charge in [0.15, 0.2) is 0 Å². The van der Waals surface area contributed by atoms with E-state index in [0.29, 0.717) is 5.41 Å². The van der Waals surface area contributed by atoms with E-state index in [2.05, 4.69) is 24.5 Å². The van der Waals surface area contributed by atoms with Crippen LogP contribution in [0.4, 0.5) is 4.79 Å². The lowest BCUT2D eigenvalue weighted by Crippen LogP contribution is -2.46. The number of imide groups is 1. The summed E-state index contributed by atoms with van der Waals surface area (Å²) in [4.78, 5) is 33.1. The number of urea groups is 1. The van der Waals surface area contributed by atoms with Crippen LogP contribution >= 0.6 is 0 Å². The second-order valence-corrected chi connectivity index (χ2v) is 5.85. The van der Waals surface area contributed by atoms with Crippen molar-refractivity contribution in [1.82, 2.24) is 10.6 Å². The monoisotopic (exact) mass is 270 g/mol. The summed E-state index contributed by atoms with van der Waals surface area (Å²) in [6, 6.07) is -0.430. The molecule has 1 saturated carbocycles. The van der Waals surface area contributed by atoms with Gasteiger partial charge in [-0.1, -0.05) is 13.8 Å². The third kappa shape index (κ3) is 6.22. The number of carbonyl (C=O) groups excluding carboxylic acids is 2. The Morgan fingerprint density at radius 1 is 1.16 bits per heavy atom. The number of carbonyl (C=O) groups is 3. The zero-order valence-electron chi connectivity index (χ0n) is 11.5. The van der Waals surface area contributed by atoms with Gasteiger partial charge < -0.3 is 10.4 Å². The Kier molecular flexibility index (Phi) is 5.32. The van der Waals surface area contributed by atoms with Crippen molar-refractivity contribution in [2.75, 3.05) is 0 Å². The molecule has 0 heterocycles. The summed E-state index contributed by atoms with van der Waals surface area (Å²) in [5.41, 5.74) is 0.325. The molecule has 1 aliphatic carbocycles.